The normalized spacial score (nSPS) is 28.4. The number of nitrogens with two attached hydrogens (primary N) is 1. The first kappa shape index (κ1) is 16.8. The molecule has 0 saturated carbocycles. The maximum absolute atomic E-state index is 6.26. The zero-order valence-electron chi connectivity index (χ0n) is 11.6. The fourth-order valence-corrected chi connectivity index (χ4v) is 5.93. The van der Waals surface area contributed by atoms with Crippen molar-refractivity contribution >= 4 is 46.7 Å². The van der Waals surface area contributed by atoms with E-state index >= 15 is 0 Å². The lowest BCUT2D eigenvalue weighted by Gasteiger charge is -2.35. The van der Waals surface area contributed by atoms with E-state index in [2.05, 4.69) is 19.3 Å². The van der Waals surface area contributed by atoms with Crippen molar-refractivity contribution in [3.8, 4) is 0 Å². The Balaban J connectivity index is 2.09. The monoisotopic (exact) mass is 350 g/mol. The number of nitrogens with one attached hydrogen (secondary N) is 1. The molecular weight excluding hydrogens is 331 g/mol. The highest BCUT2D eigenvalue weighted by molar-refractivity contribution is 8.07. The molecule has 0 aromatic heterocycles. The molecule has 4 atom stereocenters. The molecule has 1 saturated heterocycles. The largest absolute Gasteiger partial charge is 0.271 e. The summed E-state index contributed by atoms with van der Waals surface area (Å²) in [5, 5.41) is 3.23. The van der Waals surface area contributed by atoms with Gasteiger partial charge in [0.2, 0.25) is 0 Å². The lowest BCUT2D eigenvalue weighted by molar-refractivity contribution is 0.521. The van der Waals surface area contributed by atoms with Crippen molar-refractivity contribution in [3.05, 3.63) is 33.8 Å². The lowest BCUT2D eigenvalue weighted by Crippen LogP contribution is -2.47. The van der Waals surface area contributed by atoms with Gasteiger partial charge in [-0.1, -0.05) is 43.1 Å². The number of hydrogen-bond donors (Lipinski definition) is 2. The van der Waals surface area contributed by atoms with Gasteiger partial charge in [0, 0.05) is 37.6 Å². The fraction of sp³-hybridized carbons (Fsp3) is 0.571. The molecule has 0 radical (unpaired) electrons. The van der Waals surface area contributed by atoms with E-state index in [-0.39, 0.29) is 6.04 Å². The second kappa shape index (κ2) is 7.61. The molecule has 1 aromatic carbocycles. The number of rotatable bonds is 4. The molecule has 0 bridgehead atoms. The van der Waals surface area contributed by atoms with Gasteiger partial charge in [-0.15, -0.1) is 0 Å². The van der Waals surface area contributed by atoms with Gasteiger partial charge in [-0.25, -0.2) is 0 Å². The summed E-state index contributed by atoms with van der Waals surface area (Å²) in [6.07, 6.45) is 0.758. The third-order valence-corrected chi connectivity index (χ3v) is 7.98. The molecule has 1 heterocycles. The number of halogens is 2. The Bertz CT molecular complexity index is 439. The van der Waals surface area contributed by atoms with E-state index in [4.69, 9.17) is 29.0 Å². The van der Waals surface area contributed by atoms with Gasteiger partial charge in [-0.3, -0.25) is 11.3 Å². The zero-order chi connectivity index (χ0) is 14.7. The summed E-state index contributed by atoms with van der Waals surface area (Å²) in [6.45, 7) is 4.57. The van der Waals surface area contributed by atoms with E-state index in [9.17, 15) is 0 Å². The smallest absolute Gasteiger partial charge is 0.0453 e. The second-order valence-corrected chi connectivity index (χ2v) is 8.94. The molecule has 1 aromatic rings. The summed E-state index contributed by atoms with van der Waals surface area (Å²) in [6, 6.07) is 5.81. The average Bonchev–Trinajstić information content (AvgIpc) is 2.42. The van der Waals surface area contributed by atoms with Crippen LogP contribution in [0.2, 0.25) is 10.0 Å². The predicted molar refractivity (Wildman–Crippen MR) is 94.0 cm³/mol. The van der Waals surface area contributed by atoms with Gasteiger partial charge in [-0.05, 0) is 24.1 Å². The van der Waals surface area contributed by atoms with E-state index in [1.807, 2.05) is 41.7 Å². The van der Waals surface area contributed by atoms with Crippen molar-refractivity contribution in [1.82, 2.24) is 5.43 Å². The van der Waals surface area contributed by atoms with Gasteiger partial charge in [-0.2, -0.15) is 23.5 Å². The molecule has 4 unspecified atom stereocenters. The molecule has 2 nitrogen and oxygen atoms in total. The third kappa shape index (κ3) is 3.99. The minimum absolute atomic E-state index is 0.180. The SMILES string of the molecule is CC1SCC(C(Cc2c(Cl)cccc2Cl)NN)SC1C. The maximum Gasteiger partial charge on any atom is 0.0453 e. The topological polar surface area (TPSA) is 38.0 Å². The highest BCUT2D eigenvalue weighted by Gasteiger charge is 2.31. The predicted octanol–water partition coefficient (Wildman–Crippen LogP) is 3.99. The zero-order valence-corrected chi connectivity index (χ0v) is 14.8. The first-order chi connectivity index (χ1) is 9.52. The van der Waals surface area contributed by atoms with Crippen molar-refractivity contribution in [3.63, 3.8) is 0 Å². The Kier molecular flexibility index (Phi) is 6.39. The minimum atomic E-state index is 0.180. The third-order valence-electron chi connectivity index (χ3n) is 3.72. The molecule has 6 heteroatoms. The Hall–Kier alpha value is 0.420. The van der Waals surface area contributed by atoms with Gasteiger partial charge in [0.15, 0.2) is 0 Å². The number of thioether (sulfide) groups is 2. The van der Waals surface area contributed by atoms with Crippen LogP contribution >= 0.6 is 46.7 Å². The van der Waals surface area contributed by atoms with Gasteiger partial charge in [0.25, 0.3) is 0 Å². The van der Waals surface area contributed by atoms with Crippen LogP contribution in [-0.4, -0.2) is 27.5 Å². The highest BCUT2D eigenvalue weighted by atomic mass is 35.5. The van der Waals surface area contributed by atoms with Crippen LogP contribution in [0.4, 0.5) is 0 Å². The first-order valence-electron chi connectivity index (χ1n) is 6.69. The molecule has 1 aliphatic heterocycles. The van der Waals surface area contributed by atoms with Crippen molar-refractivity contribution in [1.29, 1.82) is 0 Å². The molecule has 3 N–H and O–H groups in total. The fourth-order valence-electron chi connectivity index (χ4n) is 2.26. The van der Waals surface area contributed by atoms with E-state index < -0.39 is 0 Å². The van der Waals surface area contributed by atoms with Gasteiger partial charge < -0.3 is 0 Å². The molecule has 0 amide bonds. The van der Waals surface area contributed by atoms with Gasteiger partial charge in [0.1, 0.15) is 0 Å². The van der Waals surface area contributed by atoms with Crippen LogP contribution in [0, 0.1) is 0 Å². The molecule has 112 valence electrons. The Morgan fingerprint density at radius 3 is 2.50 bits per heavy atom. The van der Waals surface area contributed by atoms with Crippen LogP contribution in [0.25, 0.3) is 0 Å². The molecule has 1 aliphatic rings. The van der Waals surface area contributed by atoms with Crippen molar-refractivity contribution in [2.75, 3.05) is 5.75 Å². The number of hydrazine groups is 1. The second-order valence-electron chi connectivity index (χ2n) is 5.10. The van der Waals surface area contributed by atoms with Crippen LogP contribution in [0.1, 0.15) is 19.4 Å². The summed E-state index contributed by atoms with van der Waals surface area (Å²) < 4.78 is 0. The van der Waals surface area contributed by atoms with Crippen LogP contribution < -0.4 is 11.3 Å². The number of benzene rings is 1. The number of hydrogen-bond acceptors (Lipinski definition) is 4. The Morgan fingerprint density at radius 2 is 1.95 bits per heavy atom. The van der Waals surface area contributed by atoms with E-state index in [0.717, 1.165) is 17.7 Å². The molecular formula is C14H20Cl2N2S2. The molecule has 20 heavy (non-hydrogen) atoms. The quantitative estimate of drug-likeness (QED) is 0.635. The summed E-state index contributed by atoms with van der Waals surface area (Å²) in [5.41, 5.74) is 3.94. The maximum atomic E-state index is 6.26. The average molecular weight is 351 g/mol. The summed E-state index contributed by atoms with van der Waals surface area (Å²) in [4.78, 5) is 0. The van der Waals surface area contributed by atoms with Gasteiger partial charge in [0.05, 0.1) is 0 Å². The lowest BCUT2D eigenvalue weighted by atomic mass is 10.0. The van der Waals surface area contributed by atoms with Crippen LogP contribution in [-0.2, 0) is 6.42 Å². The van der Waals surface area contributed by atoms with Crippen molar-refractivity contribution in [2.24, 2.45) is 5.84 Å². The molecule has 1 fully saturated rings. The van der Waals surface area contributed by atoms with Gasteiger partial charge >= 0.3 is 0 Å². The van der Waals surface area contributed by atoms with Crippen LogP contribution in [0.5, 0.6) is 0 Å². The summed E-state index contributed by atoms with van der Waals surface area (Å²) >= 11 is 16.5. The van der Waals surface area contributed by atoms with E-state index in [0.29, 0.717) is 25.8 Å². The first-order valence-corrected chi connectivity index (χ1v) is 9.43. The Labute approximate surface area is 139 Å². The van der Waals surface area contributed by atoms with Crippen LogP contribution in [0.15, 0.2) is 18.2 Å². The van der Waals surface area contributed by atoms with Crippen molar-refractivity contribution in [2.45, 2.75) is 42.1 Å². The molecule has 0 spiro atoms. The molecule has 2 rings (SSSR count). The summed E-state index contributed by atoms with van der Waals surface area (Å²) in [7, 11) is 0. The minimum Gasteiger partial charge on any atom is -0.271 e. The highest BCUT2D eigenvalue weighted by Crippen LogP contribution is 2.38. The van der Waals surface area contributed by atoms with E-state index in [1.165, 1.54) is 0 Å². The summed E-state index contributed by atoms with van der Waals surface area (Å²) in [5.74, 6) is 6.88. The standard InChI is InChI=1S/C14H20Cl2N2S2/c1-8-9(2)20-14(7-19-8)13(18-17)6-10-11(15)4-3-5-12(10)16/h3-5,8-9,13-14,18H,6-7,17H2,1-2H3. The van der Waals surface area contributed by atoms with Crippen LogP contribution in [0.3, 0.4) is 0 Å². The van der Waals surface area contributed by atoms with Crippen molar-refractivity contribution < 1.29 is 0 Å². The van der Waals surface area contributed by atoms with E-state index in [1.54, 1.807) is 0 Å². The Morgan fingerprint density at radius 1 is 1.30 bits per heavy atom. The molecule has 0 aliphatic carbocycles.